The fraction of sp³-hybridized carbons (Fsp3) is 0.562. The number of rotatable bonds is 8. The van der Waals surface area contributed by atoms with Crippen molar-refractivity contribution in [2.24, 2.45) is 10.7 Å². The summed E-state index contributed by atoms with van der Waals surface area (Å²) in [6.45, 7) is 9.89. The molecule has 1 rings (SSSR count). The first-order valence-corrected chi connectivity index (χ1v) is 7.53. The van der Waals surface area contributed by atoms with Gasteiger partial charge in [0, 0.05) is 5.69 Å². The van der Waals surface area contributed by atoms with Crippen molar-refractivity contribution in [3.8, 4) is 0 Å². The van der Waals surface area contributed by atoms with Crippen LogP contribution in [0.1, 0.15) is 33.6 Å². The zero-order valence-electron chi connectivity index (χ0n) is 13.0. The van der Waals surface area contributed by atoms with Gasteiger partial charge in [-0.15, -0.1) is 0 Å². The summed E-state index contributed by atoms with van der Waals surface area (Å²) in [6, 6.07) is 10.1. The third-order valence-corrected chi connectivity index (χ3v) is 3.40. The van der Waals surface area contributed by atoms with Gasteiger partial charge in [0.25, 0.3) is 0 Å². The van der Waals surface area contributed by atoms with Crippen LogP contribution in [0.3, 0.4) is 0 Å². The van der Waals surface area contributed by atoms with Crippen LogP contribution in [-0.2, 0) is 0 Å². The quantitative estimate of drug-likeness (QED) is 0.567. The first kappa shape index (κ1) is 16.5. The molecule has 0 aliphatic rings. The Kier molecular flexibility index (Phi) is 7.73. The smallest absolute Gasteiger partial charge is 0.193 e. The average Bonchev–Trinajstić information content (AvgIpc) is 2.44. The molecule has 0 bridgehead atoms. The summed E-state index contributed by atoms with van der Waals surface area (Å²) >= 11 is 0. The van der Waals surface area contributed by atoms with E-state index in [-0.39, 0.29) is 6.04 Å². The maximum Gasteiger partial charge on any atom is 0.193 e. The van der Waals surface area contributed by atoms with Crippen LogP contribution in [0.15, 0.2) is 35.3 Å². The van der Waals surface area contributed by atoms with E-state index < -0.39 is 0 Å². The predicted molar refractivity (Wildman–Crippen MR) is 88.2 cm³/mol. The number of benzene rings is 1. The fourth-order valence-electron chi connectivity index (χ4n) is 2.15. The van der Waals surface area contributed by atoms with Crippen molar-refractivity contribution in [3.05, 3.63) is 30.3 Å². The van der Waals surface area contributed by atoms with Gasteiger partial charge in [-0.2, -0.15) is 0 Å². The van der Waals surface area contributed by atoms with E-state index in [2.05, 4.69) is 36.0 Å². The summed E-state index contributed by atoms with van der Waals surface area (Å²) in [5.74, 6) is 0.492. The van der Waals surface area contributed by atoms with Gasteiger partial charge in [-0.25, -0.2) is 0 Å². The Hall–Kier alpha value is -1.55. The number of nitrogens with two attached hydrogens (primary N) is 1. The van der Waals surface area contributed by atoms with Crippen LogP contribution in [0.4, 0.5) is 5.69 Å². The molecule has 0 fully saturated rings. The average molecular weight is 276 g/mol. The third-order valence-electron chi connectivity index (χ3n) is 3.40. The molecule has 1 unspecified atom stereocenters. The number of para-hydroxylation sites is 1. The van der Waals surface area contributed by atoms with Gasteiger partial charge >= 0.3 is 0 Å². The van der Waals surface area contributed by atoms with Crippen LogP contribution in [0.25, 0.3) is 0 Å². The zero-order chi connectivity index (χ0) is 14.8. The molecule has 1 aromatic rings. The van der Waals surface area contributed by atoms with Crippen molar-refractivity contribution in [3.63, 3.8) is 0 Å². The Morgan fingerprint density at radius 1 is 1.25 bits per heavy atom. The lowest BCUT2D eigenvalue weighted by molar-refractivity contribution is 0.294. The van der Waals surface area contributed by atoms with Crippen LogP contribution in [0, 0.1) is 0 Å². The number of hydrogen-bond acceptors (Lipinski definition) is 2. The topological polar surface area (TPSA) is 53.6 Å². The summed E-state index contributed by atoms with van der Waals surface area (Å²) in [5, 5.41) is 3.11. The molecular formula is C16H28N4. The second-order valence-electron chi connectivity index (χ2n) is 5.02. The predicted octanol–water partition coefficient (Wildman–Crippen LogP) is 2.92. The van der Waals surface area contributed by atoms with Gasteiger partial charge in [0.2, 0.25) is 0 Å². The van der Waals surface area contributed by atoms with Crippen LogP contribution < -0.4 is 11.1 Å². The second-order valence-corrected chi connectivity index (χ2v) is 5.02. The molecule has 1 aromatic carbocycles. The van der Waals surface area contributed by atoms with Gasteiger partial charge in [0.05, 0.1) is 6.04 Å². The molecule has 1 atom stereocenters. The number of aliphatic imine (C=N–C) groups is 1. The Balaban J connectivity index is 2.32. The molecule has 4 nitrogen and oxygen atoms in total. The van der Waals surface area contributed by atoms with E-state index in [0.717, 1.165) is 38.2 Å². The molecule has 0 amide bonds. The highest BCUT2D eigenvalue weighted by atomic mass is 15.1. The van der Waals surface area contributed by atoms with Gasteiger partial charge in [0.1, 0.15) is 0 Å². The molecule has 0 aliphatic heterocycles. The SMILES string of the molecule is CCN(CC)CCCC(C)N=C(N)Nc1ccccc1. The Morgan fingerprint density at radius 2 is 1.90 bits per heavy atom. The van der Waals surface area contributed by atoms with Crippen molar-refractivity contribution in [1.29, 1.82) is 0 Å². The zero-order valence-corrected chi connectivity index (χ0v) is 13.0. The van der Waals surface area contributed by atoms with E-state index in [1.165, 1.54) is 0 Å². The van der Waals surface area contributed by atoms with Crippen molar-refractivity contribution in [1.82, 2.24) is 4.90 Å². The molecule has 0 radical (unpaired) electrons. The normalized spacial score (nSPS) is 13.5. The molecule has 4 heteroatoms. The Labute approximate surface area is 123 Å². The van der Waals surface area contributed by atoms with Gasteiger partial charge in [-0.05, 0) is 51.5 Å². The minimum absolute atomic E-state index is 0.252. The number of nitrogens with zero attached hydrogens (tertiary/aromatic N) is 2. The molecule has 0 saturated carbocycles. The number of anilines is 1. The van der Waals surface area contributed by atoms with E-state index in [1.54, 1.807) is 0 Å². The van der Waals surface area contributed by atoms with Crippen molar-refractivity contribution >= 4 is 11.6 Å². The molecule has 0 saturated heterocycles. The fourth-order valence-corrected chi connectivity index (χ4v) is 2.15. The maximum atomic E-state index is 5.92. The molecule has 0 aromatic heterocycles. The minimum Gasteiger partial charge on any atom is -0.370 e. The highest BCUT2D eigenvalue weighted by Crippen LogP contribution is 2.06. The highest BCUT2D eigenvalue weighted by Gasteiger charge is 2.04. The van der Waals surface area contributed by atoms with Crippen LogP contribution in [-0.4, -0.2) is 36.5 Å². The van der Waals surface area contributed by atoms with Gasteiger partial charge in [0.15, 0.2) is 5.96 Å². The van der Waals surface area contributed by atoms with E-state index in [4.69, 9.17) is 5.73 Å². The third kappa shape index (κ3) is 6.57. The number of hydrogen-bond donors (Lipinski definition) is 2. The van der Waals surface area contributed by atoms with Crippen molar-refractivity contribution in [2.45, 2.75) is 39.7 Å². The molecule has 112 valence electrons. The largest absolute Gasteiger partial charge is 0.370 e. The summed E-state index contributed by atoms with van der Waals surface area (Å²) in [5.41, 5.74) is 6.89. The maximum absolute atomic E-state index is 5.92. The van der Waals surface area contributed by atoms with Crippen molar-refractivity contribution < 1.29 is 0 Å². The van der Waals surface area contributed by atoms with Crippen LogP contribution >= 0.6 is 0 Å². The van der Waals surface area contributed by atoms with Gasteiger partial charge in [-0.3, -0.25) is 4.99 Å². The van der Waals surface area contributed by atoms with Gasteiger partial charge in [-0.1, -0.05) is 32.0 Å². The molecule has 3 N–H and O–H groups in total. The van der Waals surface area contributed by atoms with Crippen LogP contribution in [0.2, 0.25) is 0 Å². The number of guanidine groups is 1. The van der Waals surface area contributed by atoms with E-state index in [9.17, 15) is 0 Å². The van der Waals surface area contributed by atoms with Crippen LogP contribution in [0.5, 0.6) is 0 Å². The summed E-state index contributed by atoms with van der Waals surface area (Å²) in [7, 11) is 0. The standard InChI is InChI=1S/C16H28N4/c1-4-20(5-2)13-9-10-14(3)18-16(17)19-15-11-7-6-8-12-15/h6-8,11-12,14H,4-5,9-10,13H2,1-3H3,(H3,17,18,19). The molecule has 0 aliphatic carbocycles. The molecule has 0 heterocycles. The van der Waals surface area contributed by atoms with E-state index >= 15 is 0 Å². The first-order valence-electron chi connectivity index (χ1n) is 7.53. The molecule has 0 spiro atoms. The Morgan fingerprint density at radius 3 is 2.50 bits per heavy atom. The summed E-state index contributed by atoms with van der Waals surface area (Å²) in [4.78, 5) is 6.92. The number of nitrogens with one attached hydrogen (secondary N) is 1. The Bertz CT molecular complexity index is 385. The van der Waals surface area contributed by atoms with Crippen molar-refractivity contribution in [2.75, 3.05) is 25.0 Å². The van der Waals surface area contributed by atoms with Gasteiger partial charge < -0.3 is 16.0 Å². The lowest BCUT2D eigenvalue weighted by Gasteiger charge is -2.18. The monoisotopic (exact) mass is 276 g/mol. The highest BCUT2D eigenvalue weighted by molar-refractivity contribution is 5.92. The lowest BCUT2D eigenvalue weighted by atomic mass is 10.2. The summed E-state index contributed by atoms with van der Waals surface area (Å²) in [6.07, 6.45) is 2.22. The van der Waals surface area contributed by atoms with E-state index in [1.807, 2.05) is 30.3 Å². The molecular weight excluding hydrogens is 248 g/mol. The molecule has 20 heavy (non-hydrogen) atoms. The summed E-state index contributed by atoms with van der Waals surface area (Å²) < 4.78 is 0. The first-order chi connectivity index (χ1) is 9.65. The minimum atomic E-state index is 0.252. The lowest BCUT2D eigenvalue weighted by Crippen LogP contribution is -2.26. The van der Waals surface area contributed by atoms with E-state index in [0.29, 0.717) is 5.96 Å². The second kappa shape index (κ2) is 9.37.